The first-order valence-corrected chi connectivity index (χ1v) is 28.1. The van der Waals surface area contributed by atoms with Crippen molar-refractivity contribution in [1.29, 1.82) is 0 Å². The van der Waals surface area contributed by atoms with E-state index in [1.165, 1.54) is 193 Å². The summed E-state index contributed by atoms with van der Waals surface area (Å²) in [5, 5.41) is 0. The zero-order chi connectivity index (χ0) is 46.3. The van der Waals surface area contributed by atoms with Gasteiger partial charge in [0.15, 0.2) is 6.10 Å². The molecule has 6 heteroatoms. The first-order chi connectivity index (χ1) is 30.6. The summed E-state index contributed by atoms with van der Waals surface area (Å²) in [5.74, 6) is 1.66. The van der Waals surface area contributed by atoms with Crippen molar-refractivity contribution >= 4 is 17.9 Å². The maximum Gasteiger partial charge on any atom is 0.306 e. The SMILES string of the molecule is CCC(C)CCCCCCCCCCC(=O)OC[C@H](COC(=O)CCCCCCCCCCCCCCCCCCCCC(C)C)OC(=O)CCCCCCCCCCCC(C)C. The summed E-state index contributed by atoms with van der Waals surface area (Å²) in [5.41, 5.74) is 0. The maximum absolute atomic E-state index is 12.8. The minimum atomic E-state index is -0.763. The zero-order valence-electron chi connectivity index (χ0n) is 43.4. The summed E-state index contributed by atoms with van der Waals surface area (Å²) < 4.78 is 16.8. The first kappa shape index (κ1) is 61.4. The summed E-state index contributed by atoms with van der Waals surface area (Å²) in [6.07, 6.45) is 49.6. The van der Waals surface area contributed by atoms with E-state index in [2.05, 4.69) is 41.5 Å². The van der Waals surface area contributed by atoms with E-state index in [9.17, 15) is 14.4 Å². The summed E-state index contributed by atoms with van der Waals surface area (Å²) in [7, 11) is 0. The van der Waals surface area contributed by atoms with Crippen LogP contribution < -0.4 is 0 Å². The molecule has 0 rings (SSSR count). The van der Waals surface area contributed by atoms with Crippen LogP contribution in [0, 0.1) is 17.8 Å². The average Bonchev–Trinajstić information content (AvgIpc) is 3.25. The number of ether oxygens (including phenoxy) is 3. The molecule has 0 amide bonds. The van der Waals surface area contributed by atoms with E-state index in [0.717, 1.165) is 75.5 Å². The molecule has 374 valence electrons. The number of hydrogen-bond acceptors (Lipinski definition) is 6. The monoisotopic (exact) mass is 891 g/mol. The molecule has 0 aliphatic carbocycles. The van der Waals surface area contributed by atoms with Crippen LogP contribution in [0.4, 0.5) is 0 Å². The number of unbranched alkanes of at least 4 members (excludes halogenated alkanes) is 32. The second-order valence-electron chi connectivity index (χ2n) is 20.8. The molecule has 0 heterocycles. The van der Waals surface area contributed by atoms with Gasteiger partial charge < -0.3 is 14.2 Å². The van der Waals surface area contributed by atoms with Gasteiger partial charge in [0.1, 0.15) is 13.2 Å². The molecule has 0 aromatic rings. The number of carbonyl (C=O) groups excluding carboxylic acids is 3. The third kappa shape index (κ3) is 49.7. The molecule has 0 saturated heterocycles. The Labute approximate surface area is 393 Å². The van der Waals surface area contributed by atoms with Crippen molar-refractivity contribution < 1.29 is 28.6 Å². The van der Waals surface area contributed by atoms with Gasteiger partial charge in [-0.15, -0.1) is 0 Å². The molecular weight excluding hydrogens is 781 g/mol. The van der Waals surface area contributed by atoms with Crippen LogP contribution in [0.25, 0.3) is 0 Å². The predicted octanol–water partition coefficient (Wildman–Crippen LogP) is 18.3. The van der Waals surface area contributed by atoms with Crippen LogP contribution in [0.1, 0.15) is 311 Å². The van der Waals surface area contributed by atoms with Crippen LogP contribution in [0.2, 0.25) is 0 Å². The van der Waals surface area contributed by atoms with Gasteiger partial charge in [0.25, 0.3) is 0 Å². The summed E-state index contributed by atoms with van der Waals surface area (Å²) in [4.78, 5) is 38.0. The maximum atomic E-state index is 12.8. The summed E-state index contributed by atoms with van der Waals surface area (Å²) >= 11 is 0. The lowest BCUT2D eigenvalue weighted by molar-refractivity contribution is -0.167. The largest absolute Gasteiger partial charge is 0.462 e. The molecule has 1 unspecified atom stereocenters. The standard InChI is InChI=1S/C57H110O6/c1-7-53(6)45-39-33-27-23-24-29-35-41-47-56(59)62-50-54(63-57(60)48-42-36-30-22-18-20-26-32-38-44-52(4)5)49-61-55(58)46-40-34-28-21-17-15-13-11-9-8-10-12-14-16-19-25-31-37-43-51(2)3/h51-54H,7-50H2,1-6H3/t53?,54-/m0/s1. The molecule has 0 fully saturated rings. The molecule has 0 bridgehead atoms. The van der Waals surface area contributed by atoms with E-state index >= 15 is 0 Å². The molecular formula is C57H110O6. The van der Waals surface area contributed by atoms with Gasteiger partial charge in [-0.25, -0.2) is 0 Å². The molecule has 0 aromatic heterocycles. The Bertz CT molecular complexity index is 978. The Balaban J connectivity index is 4.22. The van der Waals surface area contributed by atoms with Crippen LogP contribution in [0.3, 0.4) is 0 Å². The van der Waals surface area contributed by atoms with Crippen molar-refractivity contribution in [2.45, 2.75) is 317 Å². The van der Waals surface area contributed by atoms with Crippen LogP contribution >= 0.6 is 0 Å². The van der Waals surface area contributed by atoms with Crippen molar-refractivity contribution in [2.75, 3.05) is 13.2 Å². The highest BCUT2D eigenvalue weighted by Crippen LogP contribution is 2.18. The van der Waals surface area contributed by atoms with E-state index in [-0.39, 0.29) is 31.1 Å². The first-order valence-electron chi connectivity index (χ1n) is 28.1. The predicted molar refractivity (Wildman–Crippen MR) is 270 cm³/mol. The van der Waals surface area contributed by atoms with Gasteiger partial charge in [-0.3, -0.25) is 14.4 Å². The molecule has 6 nitrogen and oxygen atoms in total. The molecule has 2 atom stereocenters. The van der Waals surface area contributed by atoms with E-state index in [1.54, 1.807) is 0 Å². The lowest BCUT2D eigenvalue weighted by atomic mass is 9.99. The van der Waals surface area contributed by atoms with Gasteiger partial charge in [0.05, 0.1) is 0 Å². The highest BCUT2D eigenvalue weighted by Gasteiger charge is 2.19. The van der Waals surface area contributed by atoms with Crippen LogP contribution in [0.5, 0.6) is 0 Å². The lowest BCUT2D eigenvalue weighted by Gasteiger charge is -2.18. The number of hydrogen-bond donors (Lipinski definition) is 0. The summed E-state index contributed by atoms with van der Waals surface area (Å²) in [6, 6.07) is 0. The van der Waals surface area contributed by atoms with Crippen LogP contribution in [-0.4, -0.2) is 37.2 Å². The molecule has 0 aromatic carbocycles. The molecule has 63 heavy (non-hydrogen) atoms. The van der Waals surface area contributed by atoms with Crippen molar-refractivity contribution in [3.63, 3.8) is 0 Å². The molecule has 0 aliphatic rings. The Morgan fingerprint density at radius 2 is 0.556 bits per heavy atom. The molecule has 0 spiro atoms. The minimum absolute atomic E-state index is 0.0644. The van der Waals surface area contributed by atoms with Gasteiger partial charge in [0, 0.05) is 19.3 Å². The van der Waals surface area contributed by atoms with Crippen molar-refractivity contribution in [1.82, 2.24) is 0 Å². The van der Waals surface area contributed by atoms with Crippen LogP contribution in [-0.2, 0) is 28.6 Å². The lowest BCUT2D eigenvalue weighted by Crippen LogP contribution is -2.30. The molecule has 0 saturated carbocycles. The second-order valence-corrected chi connectivity index (χ2v) is 20.8. The summed E-state index contributed by atoms with van der Waals surface area (Å²) in [6.45, 7) is 13.7. The topological polar surface area (TPSA) is 78.9 Å². The van der Waals surface area contributed by atoms with E-state index < -0.39 is 6.10 Å². The van der Waals surface area contributed by atoms with Gasteiger partial charge in [-0.1, -0.05) is 273 Å². The average molecular weight is 892 g/mol. The fourth-order valence-electron chi connectivity index (χ4n) is 8.61. The van der Waals surface area contributed by atoms with Crippen LogP contribution in [0.15, 0.2) is 0 Å². The van der Waals surface area contributed by atoms with Crippen molar-refractivity contribution in [3.05, 3.63) is 0 Å². The van der Waals surface area contributed by atoms with Crippen molar-refractivity contribution in [3.8, 4) is 0 Å². The molecule has 0 aliphatic heterocycles. The molecule has 0 radical (unpaired) electrons. The number of rotatable bonds is 50. The Morgan fingerprint density at radius 3 is 0.825 bits per heavy atom. The highest BCUT2D eigenvalue weighted by atomic mass is 16.6. The minimum Gasteiger partial charge on any atom is -0.462 e. The normalized spacial score (nSPS) is 12.6. The third-order valence-electron chi connectivity index (χ3n) is 13.3. The van der Waals surface area contributed by atoms with Gasteiger partial charge in [0.2, 0.25) is 0 Å². The van der Waals surface area contributed by atoms with Crippen molar-refractivity contribution in [2.24, 2.45) is 17.8 Å². The Hall–Kier alpha value is -1.59. The Kier molecular flexibility index (Phi) is 47.1. The van der Waals surface area contributed by atoms with E-state index in [0.29, 0.717) is 19.3 Å². The van der Waals surface area contributed by atoms with E-state index in [4.69, 9.17) is 14.2 Å². The second kappa shape index (κ2) is 48.3. The molecule has 0 N–H and O–H groups in total. The quantitative estimate of drug-likeness (QED) is 0.0344. The fourth-order valence-corrected chi connectivity index (χ4v) is 8.61. The highest BCUT2D eigenvalue weighted by molar-refractivity contribution is 5.71. The number of carbonyl (C=O) groups is 3. The van der Waals surface area contributed by atoms with Gasteiger partial charge in [-0.2, -0.15) is 0 Å². The van der Waals surface area contributed by atoms with Gasteiger partial charge in [-0.05, 0) is 37.0 Å². The Morgan fingerprint density at radius 1 is 0.317 bits per heavy atom. The van der Waals surface area contributed by atoms with E-state index in [1.807, 2.05) is 0 Å². The third-order valence-corrected chi connectivity index (χ3v) is 13.3. The number of esters is 3. The van der Waals surface area contributed by atoms with Gasteiger partial charge >= 0.3 is 17.9 Å². The smallest absolute Gasteiger partial charge is 0.306 e. The fraction of sp³-hybridized carbons (Fsp3) is 0.947. The zero-order valence-corrected chi connectivity index (χ0v) is 43.4.